The SMILES string of the molecule is C/C(=C\C#N)CN1C(=O)c2ccccc2S1(O)O. The number of hydrogen-bond acceptors (Lipinski definition) is 4. The van der Waals surface area contributed by atoms with E-state index < -0.39 is 16.7 Å². The highest BCUT2D eigenvalue weighted by Gasteiger charge is 2.40. The Bertz CT molecular complexity index is 575. The van der Waals surface area contributed by atoms with E-state index in [9.17, 15) is 13.9 Å². The van der Waals surface area contributed by atoms with Crippen LogP contribution in [0.2, 0.25) is 0 Å². The van der Waals surface area contributed by atoms with E-state index in [4.69, 9.17) is 5.26 Å². The van der Waals surface area contributed by atoms with Gasteiger partial charge in [0.05, 0.1) is 23.1 Å². The average molecular weight is 264 g/mol. The van der Waals surface area contributed by atoms with Gasteiger partial charge >= 0.3 is 0 Å². The molecule has 0 saturated carbocycles. The molecular formula is C12H12N2O3S. The minimum absolute atomic E-state index is 0.0312. The molecule has 1 aliphatic rings. The summed E-state index contributed by atoms with van der Waals surface area (Å²) in [6.45, 7) is 1.69. The van der Waals surface area contributed by atoms with Crippen molar-refractivity contribution in [2.45, 2.75) is 11.8 Å². The van der Waals surface area contributed by atoms with Gasteiger partial charge in [-0.2, -0.15) is 5.26 Å². The molecule has 5 nitrogen and oxygen atoms in total. The van der Waals surface area contributed by atoms with Crippen molar-refractivity contribution < 1.29 is 13.9 Å². The zero-order valence-corrected chi connectivity index (χ0v) is 10.5. The van der Waals surface area contributed by atoms with Gasteiger partial charge in [0.2, 0.25) is 0 Å². The lowest BCUT2D eigenvalue weighted by Crippen LogP contribution is -2.29. The van der Waals surface area contributed by atoms with Gasteiger partial charge in [-0.1, -0.05) is 22.9 Å². The van der Waals surface area contributed by atoms with E-state index in [1.165, 1.54) is 12.1 Å². The van der Waals surface area contributed by atoms with Gasteiger partial charge in [-0.3, -0.25) is 13.9 Å². The number of nitrogens with zero attached hydrogens (tertiary/aromatic N) is 2. The normalized spacial score (nSPS) is 19.3. The van der Waals surface area contributed by atoms with Crippen LogP contribution in [0.1, 0.15) is 17.3 Å². The van der Waals surface area contributed by atoms with E-state index in [1.807, 2.05) is 6.07 Å². The largest absolute Gasteiger partial charge is 0.277 e. The maximum absolute atomic E-state index is 12.1. The summed E-state index contributed by atoms with van der Waals surface area (Å²) in [5, 5.41) is 8.53. The van der Waals surface area contributed by atoms with Crippen LogP contribution in [0, 0.1) is 11.3 Å². The first kappa shape index (κ1) is 12.6. The van der Waals surface area contributed by atoms with E-state index in [0.717, 1.165) is 4.31 Å². The van der Waals surface area contributed by atoms with Crippen LogP contribution in [0.3, 0.4) is 0 Å². The van der Waals surface area contributed by atoms with E-state index in [-0.39, 0.29) is 11.4 Å². The molecule has 6 heteroatoms. The molecule has 18 heavy (non-hydrogen) atoms. The molecule has 0 aromatic heterocycles. The lowest BCUT2D eigenvalue weighted by Gasteiger charge is -2.36. The summed E-state index contributed by atoms with van der Waals surface area (Å²) in [5.41, 5.74) is 0.904. The predicted octanol–water partition coefficient (Wildman–Crippen LogP) is 2.64. The van der Waals surface area contributed by atoms with Crippen molar-refractivity contribution >= 4 is 16.7 Å². The van der Waals surface area contributed by atoms with Gasteiger partial charge in [-0.25, -0.2) is 4.31 Å². The molecule has 0 bridgehead atoms. The Balaban J connectivity index is 2.40. The number of amides is 1. The van der Waals surface area contributed by atoms with Gasteiger partial charge < -0.3 is 0 Å². The van der Waals surface area contributed by atoms with Crippen LogP contribution >= 0.6 is 10.8 Å². The molecule has 0 fully saturated rings. The number of fused-ring (bicyclic) bond motifs is 1. The Hall–Kier alpha value is -1.81. The van der Waals surface area contributed by atoms with E-state index in [1.54, 1.807) is 25.1 Å². The van der Waals surface area contributed by atoms with Gasteiger partial charge in [-0.15, -0.1) is 0 Å². The molecule has 2 rings (SSSR count). The van der Waals surface area contributed by atoms with Crippen molar-refractivity contribution in [1.29, 1.82) is 5.26 Å². The van der Waals surface area contributed by atoms with E-state index in [0.29, 0.717) is 11.1 Å². The number of hydrogen-bond donors (Lipinski definition) is 2. The molecule has 0 atom stereocenters. The zero-order valence-electron chi connectivity index (χ0n) is 9.70. The molecule has 0 radical (unpaired) electrons. The second kappa shape index (κ2) is 4.46. The standard InChI is InChI=1S/C12H12N2O3S/c1-9(6-7-13)8-14-12(15)10-4-2-3-5-11(10)18(14,16)17/h2-6,16-17H,8H2,1H3/b9-6+. The van der Waals surface area contributed by atoms with Gasteiger partial charge in [0.15, 0.2) is 0 Å². The first-order valence-corrected chi connectivity index (χ1v) is 6.73. The Morgan fingerprint density at radius 3 is 2.78 bits per heavy atom. The lowest BCUT2D eigenvalue weighted by molar-refractivity contribution is 0.0870. The Morgan fingerprint density at radius 1 is 1.50 bits per heavy atom. The monoisotopic (exact) mass is 264 g/mol. The molecule has 1 amide bonds. The molecule has 94 valence electrons. The van der Waals surface area contributed by atoms with Crippen LogP contribution in [0.25, 0.3) is 0 Å². The van der Waals surface area contributed by atoms with Crippen molar-refractivity contribution in [2.24, 2.45) is 0 Å². The van der Waals surface area contributed by atoms with Crippen molar-refractivity contribution in [1.82, 2.24) is 4.31 Å². The summed E-state index contributed by atoms with van der Waals surface area (Å²) in [6.07, 6.45) is 1.28. The number of carbonyl (C=O) groups excluding carboxylic acids is 1. The second-order valence-electron chi connectivity index (χ2n) is 3.98. The molecule has 0 saturated heterocycles. The van der Waals surface area contributed by atoms with Crippen LogP contribution in [0.15, 0.2) is 40.8 Å². The molecule has 1 aromatic rings. The summed E-state index contributed by atoms with van der Waals surface area (Å²) >= 11 is 0. The number of benzene rings is 1. The fraction of sp³-hybridized carbons (Fsp3) is 0.167. The third-order valence-electron chi connectivity index (χ3n) is 2.65. The van der Waals surface area contributed by atoms with Crippen molar-refractivity contribution in [3.05, 3.63) is 41.5 Å². The minimum Gasteiger partial charge on any atom is -0.277 e. The van der Waals surface area contributed by atoms with Crippen LogP contribution in [0.5, 0.6) is 0 Å². The maximum atomic E-state index is 12.1. The van der Waals surface area contributed by atoms with Gasteiger partial charge in [-0.05, 0) is 24.6 Å². The zero-order chi connectivity index (χ0) is 13.3. The first-order valence-electron chi connectivity index (χ1n) is 5.23. The summed E-state index contributed by atoms with van der Waals surface area (Å²) in [5.74, 6) is -0.420. The summed E-state index contributed by atoms with van der Waals surface area (Å²) in [6, 6.07) is 8.28. The van der Waals surface area contributed by atoms with Crippen LogP contribution in [0.4, 0.5) is 0 Å². The highest BCUT2D eigenvalue weighted by atomic mass is 32.3. The van der Waals surface area contributed by atoms with Crippen molar-refractivity contribution in [3.8, 4) is 6.07 Å². The summed E-state index contributed by atoms with van der Waals surface area (Å²) < 4.78 is 21.3. The number of allylic oxidation sites excluding steroid dienone is 1. The molecular weight excluding hydrogens is 252 g/mol. The van der Waals surface area contributed by atoms with Crippen molar-refractivity contribution in [2.75, 3.05) is 6.54 Å². The number of nitriles is 1. The molecule has 0 spiro atoms. The van der Waals surface area contributed by atoms with E-state index in [2.05, 4.69) is 0 Å². The van der Waals surface area contributed by atoms with E-state index >= 15 is 0 Å². The fourth-order valence-electron chi connectivity index (χ4n) is 1.79. The van der Waals surface area contributed by atoms with Crippen LogP contribution in [-0.2, 0) is 0 Å². The highest BCUT2D eigenvalue weighted by molar-refractivity contribution is 8.23. The first-order chi connectivity index (χ1) is 8.48. The Morgan fingerprint density at radius 2 is 2.17 bits per heavy atom. The smallest absolute Gasteiger partial charge is 0.274 e. The van der Waals surface area contributed by atoms with Gasteiger partial charge in [0.25, 0.3) is 5.91 Å². The van der Waals surface area contributed by atoms with Gasteiger partial charge in [0, 0.05) is 6.08 Å². The molecule has 1 heterocycles. The van der Waals surface area contributed by atoms with Crippen LogP contribution in [-0.4, -0.2) is 25.9 Å². The Kier molecular flexibility index (Phi) is 3.13. The van der Waals surface area contributed by atoms with Crippen molar-refractivity contribution in [3.63, 3.8) is 0 Å². The minimum atomic E-state index is -3.28. The predicted molar refractivity (Wildman–Crippen MR) is 68.0 cm³/mol. The van der Waals surface area contributed by atoms with Crippen LogP contribution < -0.4 is 0 Å². The van der Waals surface area contributed by atoms with Gasteiger partial charge in [0.1, 0.15) is 0 Å². The molecule has 0 aliphatic carbocycles. The highest BCUT2D eigenvalue weighted by Crippen LogP contribution is 2.58. The molecule has 1 aliphatic heterocycles. The fourth-order valence-corrected chi connectivity index (χ4v) is 3.46. The topological polar surface area (TPSA) is 84.6 Å². The quantitative estimate of drug-likeness (QED) is 0.804. The molecule has 1 aromatic carbocycles. The number of rotatable bonds is 2. The maximum Gasteiger partial charge on any atom is 0.274 e. The third kappa shape index (κ3) is 1.88. The second-order valence-corrected chi connectivity index (χ2v) is 5.89. The Labute approximate surface area is 106 Å². The number of carbonyl (C=O) groups is 1. The summed E-state index contributed by atoms with van der Waals surface area (Å²) in [7, 11) is -3.28. The molecule has 0 unspecified atom stereocenters. The summed E-state index contributed by atoms with van der Waals surface area (Å²) in [4.78, 5) is 12.3. The molecule has 2 N–H and O–H groups in total. The average Bonchev–Trinajstić information content (AvgIpc) is 2.52. The lowest BCUT2D eigenvalue weighted by atomic mass is 10.2. The third-order valence-corrected chi connectivity index (χ3v) is 4.51.